The largest absolute Gasteiger partial charge is 0.312 e. The average Bonchev–Trinajstić information content (AvgIpc) is 3.21. The number of benzene rings is 6. The summed E-state index contributed by atoms with van der Waals surface area (Å²) < 4.78 is 0. The zero-order chi connectivity index (χ0) is 36.6. The Morgan fingerprint density at radius 3 is 1.69 bits per heavy atom. The van der Waals surface area contributed by atoms with Gasteiger partial charge in [0.05, 0.1) is 11.4 Å². The fourth-order valence-corrected chi connectivity index (χ4v) is 8.17. The minimum Gasteiger partial charge on any atom is -0.312 e. The number of rotatable bonds is 7. The lowest BCUT2D eigenvalue weighted by Crippen LogP contribution is -2.58. The van der Waals surface area contributed by atoms with Crippen LogP contribution in [0.1, 0.15) is 16.7 Å². The van der Waals surface area contributed by atoms with Crippen LogP contribution < -0.4 is 26.2 Å². The molecule has 0 spiro atoms. The third kappa shape index (κ3) is 6.04. The number of hydrogen-bond donors (Lipinski definition) is 0. The standard InChI is InChI=1S/C49H39BN4/c1-34-31-35(2)49(36(3)32-34)50-41-23-13-14-26-45(41)53(39-19-9-5-10-20-39)46-33-38(29-30-42(46)50)44-25-16-28-48(52-44)54(40-21-11-6-12-22-40)47-27-15-24-43(51-47)37-17-7-4-8-18-37/h4-33H,1-3H3. The summed E-state index contributed by atoms with van der Waals surface area (Å²) in [6.45, 7) is 6.79. The number of nitrogens with zero attached hydrogens (tertiary/aromatic N) is 4. The summed E-state index contributed by atoms with van der Waals surface area (Å²) >= 11 is 0. The molecule has 0 aliphatic carbocycles. The predicted octanol–water partition coefficient (Wildman–Crippen LogP) is 10.5. The number of para-hydroxylation sites is 3. The van der Waals surface area contributed by atoms with Gasteiger partial charge in [0.15, 0.2) is 0 Å². The molecule has 8 aromatic rings. The van der Waals surface area contributed by atoms with Gasteiger partial charge in [-0.3, -0.25) is 4.90 Å². The van der Waals surface area contributed by atoms with Gasteiger partial charge in [-0.1, -0.05) is 143 Å². The van der Waals surface area contributed by atoms with E-state index in [0.29, 0.717) is 0 Å². The molecule has 0 atom stereocenters. The van der Waals surface area contributed by atoms with E-state index in [1.165, 1.54) is 38.8 Å². The smallest absolute Gasteiger partial charge is 0.247 e. The molecule has 0 amide bonds. The third-order valence-electron chi connectivity index (χ3n) is 10.4. The van der Waals surface area contributed by atoms with Gasteiger partial charge in [0, 0.05) is 33.9 Å². The highest BCUT2D eigenvalue weighted by molar-refractivity contribution is 6.98. The van der Waals surface area contributed by atoms with Crippen LogP contribution in [0.3, 0.4) is 0 Å². The van der Waals surface area contributed by atoms with E-state index < -0.39 is 0 Å². The van der Waals surface area contributed by atoms with Crippen molar-refractivity contribution in [1.29, 1.82) is 0 Å². The highest BCUT2D eigenvalue weighted by atomic mass is 15.2. The number of fused-ring (bicyclic) bond motifs is 2. The first kappa shape index (κ1) is 33.1. The topological polar surface area (TPSA) is 32.3 Å². The van der Waals surface area contributed by atoms with Crippen molar-refractivity contribution in [3.8, 4) is 22.5 Å². The molecule has 0 unspecified atom stereocenters. The van der Waals surface area contributed by atoms with E-state index in [1.807, 2.05) is 24.3 Å². The zero-order valence-electron chi connectivity index (χ0n) is 30.7. The van der Waals surface area contributed by atoms with E-state index in [1.54, 1.807) is 0 Å². The maximum Gasteiger partial charge on any atom is 0.247 e. The van der Waals surface area contributed by atoms with Gasteiger partial charge in [-0.25, -0.2) is 9.97 Å². The van der Waals surface area contributed by atoms with Crippen LogP contribution in [0.5, 0.6) is 0 Å². The normalized spacial score (nSPS) is 11.9. The van der Waals surface area contributed by atoms with Crippen LogP contribution in [-0.2, 0) is 0 Å². The molecule has 6 aromatic carbocycles. The van der Waals surface area contributed by atoms with Crippen molar-refractivity contribution >= 4 is 57.5 Å². The first-order valence-corrected chi connectivity index (χ1v) is 18.5. The monoisotopic (exact) mass is 694 g/mol. The van der Waals surface area contributed by atoms with Crippen LogP contribution in [0.25, 0.3) is 22.5 Å². The second-order valence-electron chi connectivity index (χ2n) is 14.0. The summed E-state index contributed by atoms with van der Waals surface area (Å²) in [5.41, 5.74) is 16.3. The molecule has 0 fully saturated rings. The molecule has 0 saturated heterocycles. The molecule has 5 heteroatoms. The molecule has 54 heavy (non-hydrogen) atoms. The van der Waals surface area contributed by atoms with Crippen molar-refractivity contribution in [1.82, 2.24) is 9.97 Å². The molecule has 2 aromatic heterocycles. The van der Waals surface area contributed by atoms with Crippen LogP contribution in [0, 0.1) is 20.8 Å². The molecule has 1 aliphatic heterocycles. The summed E-state index contributed by atoms with van der Waals surface area (Å²) in [7, 11) is 0. The molecule has 0 radical (unpaired) electrons. The molecule has 9 rings (SSSR count). The number of aromatic nitrogens is 2. The zero-order valence-corrected chi connectivity index (χ0v) is 30.7. The van der Waals surface area contributed by atoms with Crippen molar-refractivity contribution in [3.63, 3.8) is 0 Å². The highest BCUT2D eigenvalue weighted by Crippen LogP contribution is 2.39. The molecule has 0 bridgehead atoms. The van der Waals surface area contributed by atoms with Crippen LogP contribution in [-0.4, -0.2) is 16.7 Å². The Hall–Kier alpha value is -6.72. The number of anilines is 6. The number of pyridine rings is 2. The Morgan fingerprint density at radius 2 is 1.02 bits per heavy atom. The van der Waals surface area contributed by atoms with Gasteiger partial charge in [-0.05, 0) is 92.4 Å². The fourth-order valence-electron chi connectivity index (χ4n) is 8.17. The Kier molecular flexibility index (Phi) is 8.60. The van der Waals surface area contributed by atoms with E-state index in [0.717, 1.165) is 51.2 Å². The van der Waals surface area contributed by atoms with Gasteiger partial charge in [-0.2, -0.15) is 0 Å². The molecular formula is C49H39BN4. The Balaban J connectivity index is 1.21. The maximum absolute atomic E-state index is 5.37. The van der Waals surface area contributed by atoms with Crippen LogP contribution in [0.2, 0.25) is 0 Å². The van der Waals surface area contributed by atoms with Gasteiger partial charge in [0.2, 0.25) is 6.71 Å². The molecular weight excluding hydrogens is 655 g/mol. The summed E-state index contributed by atoms with van der Waals surface area (Å²) in [5.74, 6) is 1.60. The van der Waals surface area contributed by atoms with Gasteiger partial charge in [-0.15, -0.1) is 0 Å². The van der Waals surface area contributed by atoms with Crippen LogP contribution in [0.4, 0.5) is 34.4 Å². The van der Waals surface area contributed by atoms with Crippen molar-refractivity contribution in [2.24, 2.45) is 0 Å². The predicted molar refractivity (Wildman–Crippen MR) is 228 cm³/mol. The maximum atomic E-state index is 5.37. The van der Waals surface area contributed by atoms with Gasteiger partial charge >= 0.3 is 0 Å². The second kappa shape index (κ2) is 14.0. The van der Waals surface area contributed by atoms with E-state index in [4.69, 9.17) is 9.97 Å². The minimum absolute atomic E-state index is 0.0849. The van der Waals surface area contributed by atoms with E-state index in [-0.39, 0.29) is 6.71 Å². The SMILES string of the molecule is Cc1cc(C)c(B2c3ccccc3N(c3ccccc3)c3cc(-c4cccc(N(c5ccccc5)c5cccc(-c6ccccc6)n5)n4)ccc32)c(C)c1. The first-order valence-electron chi connectivity index (χ1n) is 18.5. The lowest BCUT2D eigenvalue weighted by molar-refractivity contribution is 1.13. The van der Waals surface area contributed by atoms with Crippen molar-refractivity contribution in [2.75, 3.05) is 9.80 Å². The Labute approximate surface area is 318 Å². The molecule has 0 N–H and O–H groups in total. The van der Waals surface area contributed by atoms with Gasteiger partial charge in [0.25, 0.3) is 0 Å². The summed E-state index contributed by atoms with van der Waals surface area (Å²) in [6.07, 6.45) is 0. The molecule has 4 nitrogen and oxygen atoms in total. The highest BCUT2D eigenvalue weighted by Gasteiger charge is 2.37. The lowest BCUT2D eigenvalue weighted by atomic mass is 9.34. The molecule has 258 valence electrons. The first-order chi connectivity index (χ1) is 26.5. The van der Waals surface area contributed by atoms with E-state index in [9.17, 15) is 0 Å². The Morgan fingerprint density at radius 1 is 0.463 bits per heavy atom. The van der Waals surface area contributed by atoms with Crippen molar-refractivity contribution < 1.29 is 0 Å². The van der Waals surface area contributed by atoms with E-state index >= 15 is 0 Å². The van der Waals surface area contributed by atoms with Gasteiger partial charge in [0.1, 0.15) is 11.6 Å². The number of aryl methyl sites for hydroxylation is 3. The summed E-state index contributed by atoms with van der Waals surface area (Å²) in [5, 5.41) is 0. The second-order valence-corrected chi connectivity index (χ2v) is 14.0. The van der Waals surface area contributed by atoms with Crippen molar-refractivity contribution in [3.05, 3.63) is 199 Å². The quantitative estimate of drug-likeness (QED) is 0.156. The summed E-state index contributed by atoms with van der Waals surface area (Å²) in [4.78, 5) is 15.1. The summed E-state index contributed by atoms with van der Waals surface area (Å²) in [6, 6.07) is 64.3. The van der Waals surface area contributed by atoms with Gasteiger partial charge < -0.3 is 4.90 Å². The minimum atomic E-state index is 0.0849. The van der Waals surface area contributed by atoms with E-state index in [2.05, 4.69) is 188 Å². The molecule has 3 heterocycles. The molecule has 1 aliphatic rings. The molecule has 0 saturated carbocycles. The van der Waals surface area contributed by atoms with Crippen LogP contribution >= 0.6 is 0 Å². The third-order valence-corrected chi connectivity index (χ3v) is 10.4. The Bertz CT molecular complexity index is 2580. The average molecular weight is 695 g/mol. The van der Waals surface area contributed by atoms with Crippen LogP contribution in [0.15, 0.2) is 182 Å². The number of hydrogen-bond acceptors (Lipinski definition) is 4. The fraction of sp³-hybridized carbons (Fsp3) is 0.0612. The lowest BCUT2D eigenvalue weighted by Gasteiger charge is -2.38. The van der Waals surface area contributed by atoms with Crippen molar-refractivity contribution in [2.45, 2.75) is 20.8 Å².